The maximum absolute atomic E-state index is 16.7. The lowest BCUT2D eigenvalue weighted by molar-refractivity contribution is 0.122. The van der Waals surface area contributed by atoms with Crippen LogP contribution >= 0.6 is 0 Å². The van der Waals surface area contributed by atoms with Crippen LogP contribution in [0.2, 0.25) is 0 Å². The summed E-state index contributed by atoms with van der Waals surface area (Å²) in [6, 6.07) is 35.0. The Kier molecular flexibility index (Phi) is 13.1. The molecule has 18 heteroatoms. The Bertz CT molecular complexity index is 3200. The predicted molar refractivity (Wildman–Crippen MR) is 275 cm³/mol. The summed E-state index contributed by atoms with van der Waals surface area (Å²) in [7, 11) is 0. The summed E-state index contributed by atoms with van der Waals surface area (Å²) in [5.74, 6) is 0.178. The van der Waals surface area contributed by atoms with Crippen LogP contribution in [0.3, 0.4) is 0 Å². The molecule has 352 valence electrons. The molecular weight excluding hydrogens is 886 g/mol. The van der Waals surface area contributed by atoms with Crippen molar-refractivity contribution in [3.05, 3.63) is 150 Å². The molecule has 0 spiro atoms. The van der Waals surface area contributed by atoms with Gasteiger partial charge in [0.25, 0.3) is 0 Å². The van der Waals surface area contributed by atoms with Gasteiger partial charge < -0.3 is 30.4 Å². The number of phenols is 1. The van der Waals surface area contributed by atoms with Crippen LogP contribution in [0, 0.1) is 19.7 Å². The number of benzene rings is 4. The fourth-order valence-electron chi connectivity index (χ4n) is 8.25. The van der Waals surface area contributed by atoms with Crippen molar-refractivity contribution in [2.45, 2.75) is 33.2 Å². The molecule has 0 radical (unpaired) electrons. The highest BCUT2D eigenvalue weighted by Gasteiger charge is 2.24. The topological polar surface area (TPSA) is 198 Å². The largest absolute Gasteiger partial charge is 0.508 e. The molecule has 1 unspecified atom stereocenters. The van der Waals surface area contributed by atoms with E-state index in [-0.39, 0.29) is 29.2 Å². The van der Waals surface area contributed by atoms with Gasteiger partial charge in [-0.05, 0) is 123 Å². The Hall–Kier alpha value is -8.61. The van der Waals surface area contributed by atoms with Gasteiger partial charge in [0.15, 0.2) is 11.6 Å². The zero-order valence-electron chi connectivity index (χ0n) is 38.7. The first-order chi connectivity index (χ1) is 34.2. The Morgan fingerprint density at radius 3 is 2.07 bits per heavy atom. The second-order valence-electron chi connectivity index (χ2n) is 17.0. The van der Waals surface area contributed by atoms with Crippen molar-refractivity contribution in [1.82, 2.24) is 35.3 Å². The van der Waals surface area contributed by atoms with Gasteiger partial charge in [0, 0.05) is 48.0 Å². The lowest BCUT2D eigenvalue weighted by Crippen LogP contribution is -2.37. The second kappa shape index (κ2) is 20.3. The van der Waals surface area contributed by atoms with Crippen LogP contribution in [0.5, 0.6) is 5.75 Å². The highest BCUT2D eigenvalue weighted by atomic mass is 19.1. The SMILES string of the molecule is Cc1cc2c(C)nc(N/N=C/c3ccc(Nc4ccc(-c5cccc(O)c5)cc4)cn3)nc2cc1-c1nc(N/N=C/c2ccc(Nc3cccc(N4CCC(C)N4)c3)cn2)nc(N2CCOCC2)c1F. The molecule has 4 aromatic heterocycles. The first-order valence-corrected chi connectivity index (χ1v) is 22.9. The lowest BCUT2D eigenvalue weighted by atomic mass is 10.0. The number of halogens is 1. The van der Waals surface area contributed by atoms with Gasteiger partial charge in [-0.15, -0.1) is 0 Å². The number of aryl methyl sites for hydroxylation is 2. The monoisotopic (exact) mass is 935 g/mol. The zero-order chi connectivity index (χ0) is 48.0. The Labute approximate surface area is 403 Å². The molecule has 4 aromatic carbocycles. The molecule has 2 aliphatic heterocycles. The molecule has 1 atom stereocenters. The molecule has 70 heavy (non-hydrogen) atoms. The van der Waals surface area contributed by atoms with Gasteiger partial charge in [0.1, 0.15) is 11.4 Å². The number of anilines is 8. The van der Waals surface area contributed by atoms with Crippen molar-refractivity contribution in [3.63, 3.8) is 0 Å². The van der Waals surface area contributed by atoms with Crippen molar-refractivity contribution < 1.29 is 14.2 Å². The Morgan fingerprint density at radius 2 is 1.40 bits per heavy atom. The van der Waals surface area contributed by atoms with E-state index < -0.39 is 5.82 Å². The van der Waals surface area contributed by atoms with E-state index in [0.29, 0.717) is 60.5 Å². The first-order valence-electron chi connectivity index (χ1n) is 22.9. The minimum atomic E-state index is -0.564. The van der Waals surface area contributed by atoms with Crippen LogP contribution in [0.15, 0.2) is 132 Å². The van der Waals surface area contributed by atoms with Crippen LogP contribution in [0.1, 0.15) is 36.0 Å². The molecule has 6 N–H and O–H groups in total. The lowest BCUT2D eigenvalue weighted by Gasteiger charge is -2.28. The number of nitrogens with one attached hydrogen (secondary N) is 5. The number of aromatic nitrogens is 6. The van der Waals surface area contributed by atoms with Crippen molar-refractivity contribution >= 4 is 69.5 Å². The van der Waals surface area contributed by atoms with Gasteiger partial charge in [0.2, 0.25) is 11.9 Å². The van der Waals surface area contributed by atoms with Crippen molar-refractivity contribution in [2.24, 2.45) is 10.2 Å². The number of nitrogens with zero attached hydrogens (tertiary/aromatic N) is 10. The van der Waals surface area contributed by atoms with Gasteiger partial charge in [-0.25, -0.2) is 35.6 Å². The minimum Gasteiger partial charge on any atom is -0.508 e. The van der Waals surface area contributed by atoms with E-state index >= 15 is 4.39 Å². The Morgan fingerprint density at radius 1 is 0.714 bits per heavy atom. The third-order valence-electron chi connectivity index (χ3n) is 11.9. The van der Waals surface area contributed by atoms with Gasteiger partial charge in [-0.1, -0.05) is 30.3 Å². The average molecular weight is 936 g/mol. The van der Waals surface area contributed by atoms with Crippen molar-refractivity contribution in [3.8, 4) is 28.1 Å². The number of hydrogen-bond acceptors (Lipinski definition) is 17. The minimum absolute atomic E-state index is 0.0967. The highest BCUT2D eigenvalue weighted by molar-refractivity contribution is 5.89. The number of hydrazine groups is 1. The number of aromatic hydroxyl groups is 1. The fraction of sp³-hybridized carbons (Fsp3) is 0.192. The molecule has 2 fully saturated rings. The number of hydrogen-bond donors (Lipinski definition) is 6. The van der Waals surface area contributed by atoms with E-state index in [1.165, 1.54) is 0 Å². The summed E-state index contributed by atoms with van der Waals surface area (Å²) in [6.45, 7) is 8.74. The van der Waals surface area contributed by atoms with Gasteiger partial charge >= 0.3 is 0 Å². The van der Waals surface area contributed by atoms with Gasteiger partial charge in [-0.2, -0.15) is 15.2 Å². The van der Waals surface area contributed by atoms with E-state index in [0.717, 1.165) is 63.5 Å². The molecular formula is C52H50FN15O2. The number of morpholine rings is 1. The van der Waals surface area contributed by atoms with Crippen LogP contribution in [-0.2, 0) is 4.74 Å². The molecule has 2 aliphatic rings. The number of rotatable bonds is 14. The van der Waals surface area contributed by atoms with Gasteiger partial charge in [-0.3, -0.25) is 9.97 Å². The number of phenolic OH excluding ortho intramolecular Hbond substituents is 1. The average Bonchev–Trinajstić information content (AvgIpc) is 3.82. The third-order valence-corrected chi connectivity index (χ3v) is 11.9. The number of pyridine rings is 2. The van der Waals surface area contributed by atoms with Crippen LogP contribution in [0.4, 0.5) is 50.5 Å². The summed E-state index contributed by atoms with van der Waals surface area (Å²) < 4.78 is 22.3. The maximum Gasteiger partial charge on any atom is 0.246 e. The van der Waals surface area contributed by atoms with E-state index in [1.54, 1.807) is 37.0 Å². The smallest absolute Gasteiger partial charge is 0.246 e. The summed E-state index contributed by atoms with van der Waals surface area (Å²) in [5, 5.41) is 28.4. The quantitative estimate of drug-likeness (QED) is 0.0445. The number of ether oxygens (including phenoxy) is 1. The molecule has 10 rings (SSSR count). The molecule has 6 heterocycles. The third kappa shape index (κ3) is 10.6. The summed E-state index contributed by atoms with van der Waals surface area (Å²) >= 11 is 0. The predicted octanol–water partition coefficient (Wildman–Crippen LogP) is 9.32. The fourth-order valence-corrected chi connectivity index (χ4v) is 8.25. The van der Waals surface area contributed by atoms with Crippen LogP contribution in [0.25, 0.3) is 33.3 Å². The number of fused-ring (bicyclic) bond motifs is 1. The summed E-state index contributed by atoms with van der Waals surface area (Å²) in [6.07, 6.45) is 7.70. The molecule has 8 aromatic rings. The van der Waals surface area contributed by atoms with Crippen molar-refractivity contribution in [2.75, 3.05) is 64.2 Å². The number of hydrazone groups is 2. The molecule has 0 amide bonds. The molecule has 17 nitrogen and oxygen atoms in total. The standard InChI is InChI=1S/C52H50FN15O2/c1-32-24-46-34(3)58-51(64-56-30-39-14-16-41(28-54-39)59-37-12-10-35(11-13-37)36-6-4-9-44(69)25-36)61-47(46)27-45(32)49-48(53)50(67-20-22-70-23-21-67)63-52(62-49)65-57-31-40-15-17-42(29-55-40)60-38-7-5-8-43(26-38)68-19-18-33(2)66-68/h4-17,24-31,33,59-60,66,69H,18-23H2,1-3H3,(H,58,61,64)(H,62,63,65)/b56-30+,57-31+. The molecule has 0 bridgehead atoms. The highest BCUT2D eigenvalue weighted by Crippen LogP contribution is 2.34. The molecule has 0 saturated carbocycles. The zero-order valence-corrected chi connectivity index (χ0v) is 38.7. The van der Waals surface area contributed by atoms with E-state index in [4.69, 9.17) is 9.72 Å². The molecule has 0 aliphatic carbocycles. The van der Waals surface area contributed by atoms with Crippen LogP contribution < -0.4 is 36.8 Å². The molecule has 2 saturated heterocycles. The van der Waals surface area contributed by atoms with E-state index in [9.17, 15) is 5.11 Å². The normalized spacial score (nSPS) is 15.0. The first kappa shape index (κ1) is 45.2. The summed E-state index contributed by atoms with van der Waals surface area (Å²) in [5.41, 5.74) is 19.8. The van der Waals surface area contributed by atoms with Gasteiger partial charge in [0.05, 0.1) is 77.7 Å². The maximum atomic E-state index is 16.7. The Balaban J connectivity index is 0.829. The van der Waals surface area contributed by atoms with E-state index in [2.05, 4.69) is 86.1 Å². The summed E-state index contributed by atoms with van der Waals surface area (Å²) in [4.78, 5) is 29.6. The second-order valence-corrected chi connectivity index (χ2v) is 17.0. The van der Waals surface area contributed by atoms with E-state index in [1.807, 2.05) is 104 Å². The van der Waals surface area contributed by atoms with Crippen LogP contribution in [-0.4, -0.2) is 86.3 Å². The van der Waals surface area contributed by atoms with Crippen molar-refractivity contribution in [1.29, 1.82) is 0 Å².